The van der Waals surface area contributed by atoms with E-state index in [0.717, 1.165) is 0 Å². The van der Waals surface area contributed by atoms with Crippen LogP contribution in [-0.2, 0) is 9.53 Å². The van der Waals surface area contributed by atoms with Gasteiger partial charge >= 0.3 is 0 Å². The number of nitrogen functional groups attached to an aromatic ring is 1. The lowest BCUT2D eigenvalue weighted by Gasteiger charge is -2.39. The number of fused-ring (bicyclic) bond motifs is 1. The Morgan fingerprint density at radius 1 is 1.18 bits per heavy atom. The van der Waals surface area contributed by atoms with Crippen molar-refractivity contribution >= 4 is 22.9 Å². The van der Waals surface area contributed by atoms with Crippen LogP contribution in [0, 0.1) is 0 Å². The molecular formula is C11H14N6O5. The third kappa shape index (κ3) is 2.07. The van der Waals surface area contributed by atoms with Gasteiger partial charge in [-0.25, -0.2) is 15.0 Å². The van der Waals surface area contributed by atoms with E-state index >= 15 is 0 Å². The van der Waals surface area contributed by atoms with Crippen LogP contribution in [-0.4, -0.2) is 65.2 Å². The lowest BCUT2D eigenvalue weighted by Crippen LogP contribution is -2.59. The molecule has 1 fully saturated rings. The largest absolute Gasteiger partial charge is 0.387 e. The van der Waals surface area contributed by atoms with Crippen molar-refractivity contribution in [2.45, 2.75) is 30.6 Å². The Hall–Kier alpha value is -2.34. The average Bonchev–Trinajstić information content (AvgIpc) is 2.90. The van der Waals surface area contributed by atoms with Crippen molar-refractivity contribution in [3.05, 3.63) is 12.7 Å². The molecule has 2 aromatic rings. The van der Waals surface area contributed by atoms with E-state index in [1.165, 1.54) is 17.2 Å². The van der Waals surface area contributed by atoms with E-state index in [2.05, 4.69) is 15.0 Å². The summed E-state index contributed by atoms with van der Waals surface area (Å²) in [6.07, 6.45) is -5.05. The highest BCUT2D eigenvalue weighted by molar-refractivity contribution is 5.81. The second-order valence-corrected chi connectivity index (χ2v) is 4.90. The number of aliphatic hydroxyl groups is 3. The number of primary amides is 1. The lowest BCUT2D eigenvalue weighted by molar-refractivity contribution is -0.239. The van der Waals surface area contributed by atoms with Gasteiger partial charge in [-0.2, -0.15) is 0 Å². The van der Waals surface area contributed by atoms with E-state index in [1.807, 2.05) is 0 Å². The summed E-state index contributed by atoms with van der Waals surface area (Å²) >= 11 is 0. The topological polar surface area (TPSA) is 183 Å². The zero-order chi connectivity index (χ0) is 16.0. The maximum Gasteiger partial charge on any atom is 0.249 e. The van der Waals surface area contributed by atoms with Gasteiger partial charge in [-0.1, -0.05) is 0 Å². The van der Waals surface area contributed by atoms with Gasteiger partial charge in [-0.3, -0.25) is 9.36 Å². The van der Waals surface area contributed by atoms with Gasteiger partial charge in [0.25, 0.3) is 0 Å². The summed E-state index contributed by atoms with van der Waals surface area (Å²) in [4.78, 5) is 23.1. The fourth-order valence-corrected chi connectivity index (χ4v) is 2.38. The van der Waals surface area contributed by atoms with Crippen LogP contribution in [0.2, 0.25) is 0 Å². The molecule has 5 atom stereocenters. The zero-order valence-electron chi connectivity index (χ0n) is 11.1. The first-order valence-electron chi connectivity index (χ1n) is 6.33. The Balaban J connectivity index is 2.05. The number of aliphatic hydroxyl groups excluding tert-OH is 3. The number of hydrogen-bond donors (Lipinski definition) is 5. The molecule has 1 saturated heterocycles. The Kier molecular flexibility index (Phi) is 3.41. The predicted octanol–water partition coefficient (Wildman–Crippen LogP) is -3.13. The van der Waals surface area contributed by atoms with Gasteiger partial charge < -0.3 is 31.5 Å². The highest BCUT2D eigenvalue weighted by Gasteiger charge is 2.47. The highest BCUT2D eigenvalue weighted by atomic mass is 16.6. The molecule has 1 aliphatic heterocycles. The van der Waals surface area contributed by atoms with E-state index in [0.29, 0.717) is 0 Å². The molecule has 0 bridgehead atoms. The molecule has 3 rings (SSSR count). The predicted molar refractivity (Wildman–Crippen MR) is 70.9 cm³/mol. The molecule has 0 radical (unpaired) electrons. The summed E-state index contributed by atoms with van der Waals surface area (Å²) in [7, 11) is 0. The van der Waals surface area contributed by atoms with Crippen molar-refractivity contribution in [2.75, 3.05) is 5.73 Å². The number of amides is 1. The number of anilines is 1. The number of aromatic nitrogens is 4. The number of carbonyl (C=O) groups excluding carboxylic acids is 1. The first kappa shape index (κ1) is 14.6. The summed E-state index contributed by atoms with van der Waals surface area (Å²) in [5, 5.41) is 29.7. The van der Waals surface area contributed by atoms with Crippen LogP contribution in [0.3, 0.4) is 0 Å². The van der Waals surface area contributed by atoms with Crippen molar-refractivity contribution in [3.8, 4) is 0 Å². The Bertz CT molecular complexity index is 720. The monoisotopic (exact) mass is 310 g/mol. The summed E-state index contributed by atoms with van der Waals surface area (Å²) < 4.78 is 6.60. The van der Waals surface area contributed by atoms with E-state index < -0.39 is 36.6 Å². The van der Waals surface area contributed by atoms with Gasteiger partial charge in [-0.15, -0.1) is 0 Å². The van der Waals surface area contributed by atoms with E-state index in [9.17, 15) is 20.1 Å². The fourth-order valence-electron chi connectivity index (χ4n) is 2.38. The normalized spacial score (nSPS) is 32.2. The molecule has 1 aliphatic rings. The molecule has 1 amide bonds. The van der Waals surface area contributed by atoms with Gasteiger partial charge in [0.1, 0.15) is 30.2 Å². The van der Waals surface area contributed by atoms with Crippen molar-refractivity contribution in [1.82, 2.24) is 19.5 Å². The minimum absolute atomic E-state index is 0.126. The first-order chi connectivity index (χ1) is 10.4. The van der Waals surface area contributed by atoms with Gasteiger partial charge in [0, 0.05) is 0 Å². The maximum atomic E-state index is 11.3. The summed E-state index contributed by atoms with van der Waals surface area (Å²) in [6, 6.07) is 0. The molecule has 3 heterocycles. The molecule has 0 unspecified atom stereocenters. The molecule has 11 nitrogen and oxygen atoms in total. The summed E-state index contributed by atoms with van der Waals surface area (Å²) in [6.45, 7) is 0. The lowest BCUT2D eigenvalue weighted by atomic mass is 9.97. The van der Waals surface area contributed by atoms with Crippen LogP contribution in [0.15, 0.2) is 12.7 Å². The van der Waals surface area contributed by atoms with Crippen LogP contribution in [0.4, 0.5) is 5.82 Å². The number of nitrogens with zero attached hydrogens (tertiary/aromatic N) is 4. The number of ether oxygens (including phenoxy) is 1. The third-order valence-corrected chi connectivity index (χ3v) is 3.53. The molecule has 22 heavy (non-hydrogen) atoms. The van der Waals surface area contributed by atoms with Crippen LogP contribution in [0.5, 0.6) is 0 Å². The quantitative estimate of drug-likeness (QED) is 0.383. The Labute approximate surface area is 123 Å². The molecule has 11 heteroatoms. The fraction of sp³-hybridized carbons (Fsp3) is 0.455. The van der Waals surface area contributed by atoms with Gasteiger partial charge in [-0.05, 0) is 0 Å². The average molecular weight is 310 g/mol. The highest BCUT2D eigenvalue weighted by Crippen LogP contribution is 2.30. The number of hydrogen-bond acceptors (Lipinski definition) is 9. The molecule has 7 N–H and O–H groups in total. The van der Waals surface area contributed by atoms with Crippen LogP contribution < -0.4 is 11.5 Å². The van der Waals surface area contributed by atoms with Crippen molar-refractivity contribution in [1.29, 1.82) is 0 Å². The first-order valence-corrected chi connectivity index (χ1v) is 6.33. The SMILES string of the molecule is NC(=O)[C@@H]1O[C@H](n2cnc3c(N)ncnc32)[C@@H](O)[C@H](O)[C@@H]1O. The van der Waals surface area contributed by atoms with Crippen molar-refractivity contribution in [2.24, 2.45) is 5.73 Å². The number of nitrogens with two attached hydrogens (primary N) is 2. The van der Waals surface area contributed by atoms with Crippen molar-refractivity contribution in [3.63, 3.8) is 0 Å². The zero-order valence-corrected chi connectivity index (χ0v) is 11.1. The van der Waals surface area contributed by atoms with Gasteiger partial charge in [0.2, 0.25) is 5.91 Å². The second-order valence-electron chi connectivity index (χ2n) is 4.90. The smallest absolute Gasteiger partial charge is 0.249 e. The summed E-state index contributed by atoms with van der Waals surface area (Å²) in [5.74, 6) is -0.844. The Morgan fingerprint density at radius 3 is 2.59 bits per heavy atom. The minimum atomic E-state index is -1.64. The van der Waals surface area contributed by atoms with E-state index in [-0.39, 0.29) is 17.0 Å². The molecule has 0 aromatic carbocycles. The number of rotatable bonds is 2. The number of imidazole rings is 1. The second kappa shape index (κ2) is 5.14. The van der Waals surface area contributed by atoms with Crippen LogP contribution in [0.25, 0.3) is 11.2 Å². The molecule has 0 spiro atoms. The van der Waals surface area contributed by atoms with Crippen LogP contribution >= 0.6 is 0 Å². The maximum absolute atomic E-state index is 11.3. The molecule has 2 aromatic heterocycles. The molecular weight excluding hydrogens is 296 g/mol. The third-order valence-electron chi connectivity index (χ3n) is 3.53. The van der Waals surface area contributed by atoms with E-state index in [4.69, 9.17) is 16.2 Å². The summed E-state index contributed by atoms with van der Waals surface area (Å²) in [5.41, 5.74) is 11.3. The molecule has 0 saturated carbocycles. The number of carbonyl (C=O) groups is 1. The van der Waals surface area contributed by atoms with Crippen molar-refractivity contribution < 1.29 is 24.9 Å². The van der Waals surface area contributed by atoms with Gasteiger partial charge in [0.15, 0.2) is 23.8 Å². The van der Waals surface area contributed by atoms with E-state index in [1.54, 1.807) is 0 Å². The van der Waals surface area contributed by atoms with Gasteiger partial charge in [0.05, 0.1) is 6.33 Å². The minimum Gasteiger partial charge on any atom is -0.387 e. The molecule has 0 aliphatic carbocycles. The molecule has 118 valence electrons. The van der Waals surface area contributed by atoms with Crippen LogP contribution in [0.1, 0.15) is 6.23 Å². The standard InChI is InChI=1S/C11H14N6O5/c12-8-3-10(15-1-14-8)17(2-16-3)11-6(20)4(18)5(19)7(22-11)9(13)21/h1-2,4-7,11,18-20H,(H2,13,21)(H2,12,14,15)/t4-,5+,6+,7-,11+/m1/s1. The Morgan fingerprint density at radius 2 is 1.91 bits per heavy atom.